The second-order valence-corrected chi connectivity index (χ2v) is 9.74. The largest absolute Gasteiger partial charge is 0.461 e. The van der Waals surface area contributed by atoms with Gasteiger partial charge in [-0.25, -0.2) is 9.69 Å². The van der Waals surface area contributed by atoms with Crippen LogP contribution in [0.3, 0.4) is 0 Å². The Kier molecular flexibility index (Phi) is 7.70. The van der Waals surface area contributed by atoms with Gasteiger partial charge < -0.3 is 15.2 Å². The van der Waals surface area contributed by atoms with Crippen LogP contribution in [0.2, 0.25) is 0 Å². The van der Waals surface area contributed by atoms with E-state index in [1.165, 1.54) is 6.07 Å². The van der Waals surface area contributed by atoms with Crippen LogP contribution in [0.25, 0.3) is 22.4 Å². The van der Waals surface area contributed by atoms with Crippen LogP contribution in [0.15, 0.2) is 72.9 Å². The average molecular weight is 554 g/mol. The van der Waals surface area contributed by atoms with Crippen LogP contribution in [0, 0.1) is 5.92 Å². The van der Waals surface area contributed by atoms with E-state index in [1.807, 2.05) is 30.3 Å². The van der Waals surface area contributed by atoms with E-state index in [0.717, 1.165) is 10.5 Å². The van der Waals surface area contributed by atoms with E-state index in [9.17, 15) is 19.2 Å². The number of fused-ring (bicyclic) bond motifs is 1. The number of carbonyl (C=O) groups is 4. The number of imide groups is 1. The second kappa shape index (κ2) is 11.5. The Morgan fingerprint density at radius 3 is 2.29 bits per heavy atom. The van der Waals surface area contributed by atoms with Crippen molar-refractivity contribution in [1.29, 1.82) is 0 Å². The van der Waals surface area contributed by atoms with E-state index in [4.69, 9.17) is 15.2 Å². The van der Waals surface area contributed by atoms with Gasteiger partial charge in [0.15, 0.2) is 0 Å². The van der Waals surface area contributed by atoms with Crippen molar-refractivity contribution < 1.29 is 28.7 Å². The molecule has 3 aromatic carbocycles. The van der Waals surface area contributed by atoms with E-state index in [0.29, 0.717) is 16.8 Å². The van der Waals surface area contributed by atoms with Crippen LogP contribution >= 0.6 is 0 Å². The number of nitrogens with one attached hydrogen (secondary N) is 1. The number of hydrogen-bond acceptors (Lipinski definition) is 9. The Bertz CT molecular complexity index is 1620. The number of esters is 2. The van der Waals surface area contributed by atoms with Crippen molar-refractivity contribution in [3.8, 4) is 22.4 Å². The van der Waals surface area contributed by atoms with Crippen LogP contribution in [0.4, 0.5) is 5.69 Å². The molecular formula is C30H27N5O6. The Labute approximate surface area is 235 Å². The van der Waals surface area contributed by atoms with Crippen molar-refractivity contribution in [2.45, 2.75) is 19.9 Å². The molecular weight excluding hydrogens is 526 g/mol. The summed E-state index contributed by atoms with van der Waals surface area (Å²) in [6.45, 7) is 3.15. The van der Waals surface area contributed by atoms with Gasteiger partial charge in [-0.15, -0.1) is 5.10 Å². The molecule has 41 heavy (non-hydrogen) atoms. The number of hydrogen-bond donors (Lipinski definition) is 2. The molecule has 208 valence electrons. The Hall–Kier alpha value is -5.16. The highest BCUT2D eigenvalue weighted by molar-refractivity contribution is 6.35. The third-order valence-electron chi connectivity index (χ3n) is 6.72. The third kappa shape index (κ3) is 5.48. The Morgan fingerprint density at radius 2 is 1.59 bits per heavy atom. The Morgan fingerprint density at radius 1 is 0.878 bits per heavy atom. The van der Waals surface area contributed by atoms with Gasteiger partial charge in [0.25, 0.3) is 11.8 Å². The van der Waals surface area contributed by atoms with Gasteiger partial charge in [0, 0.05) is 11.8 Å². The molecule has 2 amide bonds. The fourth-order valence-electron chi connectivity index (χ4n) is 4.38. The molecule has 0 bridgehead atoms. The summed E-state index contributed by atoms with van der Waals surface area (Å²) in [5.74, 6) is -2.66. The summed E-state index contributed by atoms with van der Waals surface area (Å²) in [7, 11) is 0. The molecule has 1 aliphatic rings. The normalized spacial score (nSPS) is 13.3. The van der Waals surface area contributed by atoms with Crippen LogP contribution in [-0.4, -0.2) is 58.4 Å². The molecule has 0 saturated carbocycles. The highest BCUT2D eigenvalue weighted by Crippen LogP contribution is 2.35. The summed E-state index contributed by atoms with van der Waals surface area (Å²) >= 11 is 0. The van der Waals surface area contributed by atoms with Gasteiger partial charge in [0.2, 0.25) is 0 Å². The van der Waals surface area contributed by atoms with Crippen LogP contribution in [0.5, 0.6) is 0 Å². The molecule has 5 rings (SSSR count). The van der Waals surface area contributed by atoms with E-state index >= 15 is 0 Å². The molecule has 0 unspecified atom stereocenters. The first-order valence-corrected chi connectivity index (χ1v) is 12.9. The van der Waals surface area contributed by atoms with E-state index in [-0.39, 0.29) is 41.5 Å². The molecule has 1 aromatic heterocycles. The highest BCUT2D eigenvalue weighted by Gasteiger charge is 2.39. The fourth-order valence-corrected chi connectivity index (χ4v) is 4.38. The summed E-state index contributed by atoms with van der Waals surface area (Å²) < 4.78 is 10.5. The first kappa shape index (κ1) is 27.4. The molecule has 1 aliphatic heterocycles. The lowest BCUT2D eigenvalue weighted by Gasteiger charge is -2.19. The number of carbonyl (C=O) groups excluding carboxylic acids is 4. The number of benzene rings is 3. The number of rotatable bonds is 9. The first-order valence-electron chi connectivity index (χ1n) is 12.9. The highest BCUT2D eigenvalue weighted by atomic mass is 16.6. The molecule has 4 aromatic rings. The summed E-state index contributed by atoms with van der Waals surface area (Å²) in [6, 6.07) is 18.2. The maximum atomic E-state index is 13.6. The zero-order valence-electron chi connectivity index (χ0n) is 22.4. The monoisotopic (exact) mass is 553 g/mol. The zero-order chi connectivity index (χ0) is 29.1. The lowest BCUT2D eigenvalue weighted by molar-refractivity contribution is -0.147. The molecule has 2 heterocycles. The number of anilines is 1. The minimum atomic E-state index is -0.790. The molecule has 0 saturated heterocycles. The van der Waals surface area contributed by atoms with Crippen molar-refractivity contribution >= 4 is 29.4 Å². The number of amides is 2. The smallest absolute Gasteiger partial charge is 0.340 e. The predicted octanol–water partition coefficient (Wildman–Crippen LogP) is 3.62. The number of aromatic amines is 1. The van der Waals surface area contributed by atoms with Gasteiger partial charge in [0.1, 0.15) is 24.9 Å². The quantitative estimate of drug-likeness (QED) is 0.179. The Balaban J connectivity index is 1.44. The lowest BCUT2D eigenvalue weighted by Crippen LogP contribution is -2.37. The number of nitrogens with zero attached hydrogens (tertiary/aromatic N) is 3. The lowest BCUT2D eigenvalue weighted by atomic mass is 10.0. The van der Waals surface area contributed by atoms with Crippen LogP contribution in [0.1, 0.15) is 44.9 Å². The molecule has 1 atom stereocenters. The number of aromatic nitrogens is 3. The predicted molar refractivity (Wildman–Crippen MR) is 149 cm³/mol. The summed E-state index contributed by atoms with van der Waals surface area (Å²) in [5.41, 5.74) is 8.85. The maximum Gasteiger partial charge on any atom is 0.340 e. The average Bonchev–Trinajstić information content (AvgIpc) is 3.61. The summed E-state index contributed by atoms with van der Waals surface area (Å²) in [5, 5.41) is 10.3. The van der Waals surface area contributed by atoms with Crippen LogP contribution in [-0.2, 0) is 14.3 Å². The van der Waals surface area contributed by atoms with Gasteiger partial charge >= 0.3 is 11.9 Å². The number of H-pyrrole nitrogens is 1. The van der Waals surface area contributed by atoms with Crippen molar-refractivity contribution in [1.82, 2.24) is 15.4 Å². The standard InChI is InChI=1S/C30H27N5O6/c1-17(2)26(31)30(39)41-13-12-40-29(38)22-11-8-19(18-6-4-3-5-7-18)15-25(22)35-27(36)21-10-9-20(14-23(21)28(35)37)24-16-32-34-33-24/h3-11,14-17,26H,12-13,31H2,1-2H3,(H,32,33,34)/t26-/m0/s1. The topological polar surface area (TPSA) is 158 Å². The van der Waals surface area contributed by atoms with Crippen molar-refractivity contribution in [3.05, 3.63) is 89.6 Å². The molecule has 11 heteroatoms. The van der Waals surface area contributed by atoms with Crippen molar-refractivity contribution in [2.75, 3.05) is 18.1 Å². The van der Waals surface area contributed by atoms with Gasteiger partial charge in [-0.05, 0) is 41.3 Å². The first-order chi connectivity index (χ1) is 19.8. The van der Waals surface area contributed by atoms with Gasteiger partial charge in [0.05, 0.1) is 22.4 Å². The van der Waals surface area contributed by atoms with Crippen molar-refractivity contribution in [2.24, 2.45) is 11.7 Å². The molecule has 0 radical (unpaired) electrons. The van der Waals surface area contributed by atoms with Crippen LogP contribution < -0.4 is 10.6 Å². The van der Waals surface area contributed by atoms with E-state index in [1.54, 1.807) is 50.4 Å². The third-order valence-corrected chi connectivity index (χ3v) is 6.72. The fraction of sp³-hybridized carbons (Fsp3) is 0.200. The molecule has 0 aliphatic carbocycles. The van der Waals surface area contributed by atoms with Gasteiger partial charge in [-0.1, -0.05) is 61.5 Å². The SMILES string of the molecule is CC(C)[C@H](N)C(=O)OCCOC(=O)c1ccc(-c2ccccc2)cc1N1C(=O)c2ccc(-c3c[nH]nn3)cc2C1=O. The maximum absolute atomic E-state index is 13.6. The number of nitrogens with two attached hydrogens (primary N) is 1. The summed E-state index contributed by atoms with van der Waals surface area (Å²) in [4.78, 5) is 53.3. The van der Waals surface area contributed by atoms with Gasteiger partial charge in [-0.3, -0.25) is 19.5 Å². The second-order valence-electron chi connectivity index (χ2n) is 9.74. The molecule has 0 spiro atoms. The van der Waals surface area contributed by atoms with E-state index < -0.39 is 29.8 Å². The molecule has 0 fully saturated rings. The summed E-state index contributed by atoms with van der Waals surface area (Å²) in [6.07, 6.45) is 1.58. The minimum absolute atomic E-state index is 0.00104. The zero-order valence-corrected chi connectivity index (χ0v) is 22.4. The minimum Gasteiger partial charge on any atom is -0.461 e. The van der Waals surface area contributed by atoms with Crippen molar-refractivity contribution in [3.63, 3.8) is 0 Å². The van der Waals surface area contributed by atoms with E-state index in [2.05, 4.69) is 15.4 Å². The molecule has 3 N–H and O–H groups in total. The molecule has 11 nitrogen and oxygen atoms in total. The number of ether oxygens (including phenoxy) is 2. The van der Waals surface area contributed by atoms with Gasteiger partial charge in [-0.2, -0.15) is 0 Å².